The quantitative estimate of drug-likeness (QED) is 0.419. The minimum absolute atomic E-state index is 0.0409. The van der Waals surface area contributed by atoms with Gasteiger partial charge in [0.05, 0.1) is 6.61 Å². The second-order valence-corrected chi connectivity index (χ2v) is 6.24. The highest BCUT2D eigenvalue weighted by Gasteiger charge is 2.51. The number of alkyl halides is 1. The second-order valence-electron chi connectivity index (χ2n) is 4.89. The average molecular weight is 367 g/mol. The van der Waals surface area contributed by atoms with Gasteiger partial charge < -0.3 is 18.9 Å². The average Bonchev–Trinajstić information content (AvgIpc) is 2.33. The van der Waals surface area contributed by atoms with Crippen molar-refractivity contribution in [3.8, 4) is 0 Å². The minimum atomic E-state index is -1.09. The fraction of sp³-hybridized carbons (Fsp3) is 0.769. The molecule has 1 aliphatic heterocycles. The largest absolute Gasteiger partial charge is 0.463 e. The van der Waals surface area contributed by atoms with E-state index < -0.39 is 34.6 Å². The highest BCUT2D eigenvalue weighted by Crippen LogP contribution is 2.39. The molecule has 1 saturated heterocycles. The number of ether oxygens (including phenoxy) is 4. The summed E-state index contributed by atoms with van der Waals surface area (Å²) < 4.78 is 19.9. The van der Waals surface area contributed by atoms with Gasteiger partial charge in [-0.25, -0.2) is 0 Å². The molecule has 0 bridgehead atoms. The molecule has 1 aliphatic rings. The van der Waals surface area contributed by atoms with Crippen molar-refractivity contribution in [3.63, 3.8) is 0 Å². The molecule has 0 spiro atoms. The van der Waals surface area contributed by atoms with Crippen LogP contribution in [0.1, 0.15) is 27.7 Å². The smallest absolute Gasteiger partial charge is 0.304 e. The molecule has 0 saturated carbocycles. The fourth-order valence-electron chi connectivity index (χ4n) is 2.09. The maximum absolute atomic E-state index is 11.3. The van der Waals surface area contributed by atoms with Crippen molar-refractivity contribution in [3.05, 3.63) is 0 Å². The lowest BCUT2D eigenvalue weighted by atomic mass is 9.91. The van der Waals surface area contributed by atoms with Gasteiger partial charge in [0.15, 0.2) is 4.51 Å². The van der Waals surface area contributed by atoms with E-state index in [0.29, 0.717) is 0 Å². The molecule has 8 heteroatoms. The summed E-state index contributed by atoms with van der Waals surface area (Å²) in [6.07, 6.45) is -1.33. The predicted molar refractivity (Wildman–Crippen MR) is 74.5 cm³/mol. The van der Waals surface area contributed by atoms with E-state index >= 15 is 0 Å². The molecule has 1 fully saturated rings. The lowest BCUT2D eigenvalue weighted by Crippen LogP contribution is -2.57. The van der Waals surface area contributed by atoms with Crippen LogP contribution in [0.3, 0.4) is 0 Å². The first kappa shape index (κ1) is 17.9. The van der Waals surface area contributed by atoms with E-state index in [1.54, 1.807) is 6.92 Å². The molecule has 1 rings (SSSR count). The van der Waals surface area contributed by atoms with Crippen LogP contribution >= 0.6 is 15.9 Å². The third kappa shape index (κ3) is 4.96. The summed E-state index contributed by atoms with van der Waals surface area (Å²) in [4.78, 5) is 33.4. The molecule has 21 heavy (non-hydrogen) atoms. The first-order valence-electron chi connectivity index (χ1n) is 6.46. The number of rotatable bonds is 4. The molecule has 0 aliphatic carbocycles. The van der Waals surface area contributed by atoms with Gasteiger partial charge in [-0.1, -0.05) is 6.92 Å². The molecule has 4 unspecified atom stereocenters. The Kier molecular flexibility index (Phi) is 6.15. The highest BCUT2D eigenvalue weighted by atomic mass is 79.9. The molecule has 0 aromatic rings. The van der Waals surface area contributed by atoms with Gasteiger partial charge in [-0.3, -0.25) is 14.4 Å². The molecule has 0 radical (unpaired) electrons. The van der Waals surface area contributed by atoms with E-state index in [0.717, 1.165) is 0 Å². The first-order chi connectivity index (χ1) is 9.65. The Balaban J connectivity index is 2.88. The number of esters is 3. The van der Waals surface area contributed by atoms with Crippen LogP contribution in [0.2, 0.25) is 0 Å². The van der Waals surface area contributed by atoms with E-state index in [1.165, 1.54) is 20.8 Å². The van der Waals surface area contributed by atoms with Crippen molar-refractivity contribution in [2.45, 2.75) is 44.4 Å². The Morgan fingerprint density at radius 3 is 2.29 bits per heavy atom. The summed E-state index contributed by atoms with van der Waals surface area (Å²) in [5.41, 5.74) is 0. The number of hydrogen-bond donors (Lipinski definition) is 0. The number of halogens is 1. The zero-order valence-corrected chi connectivity index (χ0v) is 14.0. The Hall–Kier alpha value is -1.15. The van der Waals surface area contributed by atoms with E-state index in [-0.39, 0.29) is 19.1 Å². The van der Waals surface area contributed by atoms with Crippen LogP contribution < -0.4 is 0 Å². The van der Waals surface area contributed by atoms with Gasteiger partial charge in [0.2, 0.25) is 0 Å². The fourth-order valence-corrected chi connectivity index (χ4v) is 2.71. The van der Waals surface area contributed by atoms with Gasteiger partial charge >= 0.3 is 17.9 Å². The van der Waals surface area contributed by atoms with Crippen LogP contribution in [0.25, 0.3) is 0 Å². The van der Waals surface area contributed by atoms with Gasteiger partial charge in [0.1, 0.15) is 18.8 Å². The highest BCUT2D eigenvalue weighted by molar-refractivity contribution is 9.10. The van der Waals surface area contributed by atoms with Gasteiger partial charge in [-0.15, -0.1) is 0 Å². The molecular weight excluding hydrogens is 348 g/mol. The van der Waals surface area contributed by atoms with Gasteiger partial charge in [0.25, 0.3) is 0 Å². The van der Waals surface area contributed by atoms with Gasteiger partial charge in [-0.2, -0.15) is 0 Å². The second kappa shape index (κ2) is 7.22. The number of carbonyl (C=O) groups excluding carboxylic acids is 3. The summed E-state index contributed by atoms with van der Waals surface area (Å²) >= 11 is 3.33. The van der Waals surface area contributed by atoms with E-state index in [2.05, 4.69) is 15.9 Å². The monoisotopic (exact) mass is 366 g/mol. The summed E-state index contributed by atoms with van der Waals surface area (Å²) in [5, 5.41) is 0. The zero-order chi connectivity index (χ0) is 16.2. The van der Waals surface area contributed by atoms with Crippen molar-refractivity contribution < 1.29 is 33.3 Å². The Morgan fingerprint density at radius 1 is 1.19 bits per heavy atom. The molecule has 0 aromatic heterocycles. The van der Waals surface area contributed by atoms with Crippen molar-refractivity contribution >= 4 is 33.8 Å². The van der Waals surface area contributed by atoms with Crippen LogP contribution in [0, 0.1) is 5.92 Å². The maximum atomic E-state index is 11.3. The molecule has 7 nitrogen and oxygen atoms in total. The molecule has 4 atom stereocenters. The zero-order valence-electron chi connectivity index (χ0n) is 12.4. The standard InChI is InChI=1S/C13H19BrO7/c1-7-12(20-9(3)16)11(5-18-8(2)15)19-6-13(7,14)21-10(4)17/h7,11-12H,5-6H2,1-4H3. The molecule has 120 valence electrons. The molecule has 1 heterocycles. The van der Waals surface area contributed by atoms with Gasteiger partial charge in [0, 0.05) is 26.7 Å². The van der Waals surface area contributed by atoms with Crippen LogP contribution in [0.4, 0.5) is 0 Å². The molecular formula is C13H19BrO7. The third-order valence-electron chi connectivity index (χ3n) is 3.10. The minimum Gasteiger partial charge on any atom is -0.463 e. The van der Waals surface area contributed by atoms with Crippen LogP contribution in [0.15, 0.2) is 0 Å². The Bertz CT molecular complexity index is 425. The molecule has 0 aromatic carbocycles. The number of hydrogen-bond acceptors (Lipinski definition) is 7. The summed E-state index contributed by atoms with van der Waals surface area (Å²) in [6, 6.07) is 0. The Morgan fingerprint density at radius 2 is 1.81 bits per heavy atom. The van der Waals surface area contributed by atoms with Gasteiger partial charge in [-0.05, 0) is 15.9 Å². The lowest BCUT2D eigenvalue weighted by Gasteiger charge is -2.44. The Labute approximate surface area is 131 Å². The predicted octanol–water partition coefficient (Wildman–Crippen LogP) is 1.17. The first-order valence-corrected chi connectivity index (χ1v) is 7.25. The molecule has 0 amide bonds. The van der Waals surface area contributed by atoms with E-state index in [9.17, 15) is 14.4 Å². The summed E-state index contributed by atoms with van der Waals surface area (Å²) in [6.45, 7) is 5.60. The van der Waals surface area contributed by atoms with Crippen molar-refractivity contribution in [1.29, 1.82) is 0 Å². The molecule has 0 N–H and O–H groups in total. The van der Waals surface area contributed by atoms with Crippen molar-refractivity contribution in [2.75, 3.05) is 13.2 Å². The van der Waals surface area contributed by atoms with E-state index in [1.807, 2.05) is 0 Å². The third-order valence-corrected chi connectivity index (χ3v) is 4.21. The van der Waals surface area contributed by atoms with E-state index in [4.69, 9.17) is 18.9 Å². The van der Waals surface area contributed by atoms with Crippen molar-refractivity contribution in [1.82, 2.24) is 0 Å². The van der Waals surface area contributed by atoms with Crippen molar-refractivity contribution in [2.24, 2.45) is 5.92 Å². The summed E-state index contributed by atoms with van der Waals surface area (Å²) in [7, 11) is 0. The SMILES string of the molecule is CC(=O)OCC1OCC(Br)(OC(C)=O)C(C)C1OC(C)=O. The normalized spacial score (nSPS) is 32.1. The van der Waals surface area contributed by atoms with Crippen LogP contribution in [-0.2, 0) is 33.3 Å². The number of carbonyl (C=O) groups is 3. The summed E-state index contributed by atoms with van der Waals surface area (Å²) in [5.74, 6) is -1.83. The lowest BCUT2D eigenvalue weighted by molar-refractivity contribution is -0.211. The topological polar surface area (TPSA) is 88.1 Å². The van der Waals surface area contributed by atoms with Crippen LogP contribution in [-0.4, -0.2) is 47.8 Å². The maximum Gasteiger partial charge on any atom is 0.304 e. The van der Waals surface area contributed by atoms with Crippen LogP contribution in [0.5, 0.6) is 0 Å².